The summed E-state index contributed by atoms with van der Waals surface area (Å²) in [5, 5.41) is 9.16. The highest BCUT2D eigenvalue weighted by Gasteiger charge is 2.23. The first-order valence-electron chi connectivity index (χ1n) is 6.59. The van der Waals surface area contributed by atoms with Crippen LogP contribution in [-0.4, -0.2) is 42.4 Å². The number of hydrogen-bond acceptors (Lipinski definition) is 3. The van der Waals surface area contributed by atoms with Gasteiger partial charge in [-0.1, -0.05) is 32.9 Å². The van der Waals surface area contributed by atoms with Gasteiger partial charge < -0.3 is 9.84 Å². The van der Waals surface area contributed by atoms with Crippen molar-refractivity contribution in [2.75, 3.05) is 26.2 Å². The Morgan fingerprint density at radius 1 is 1.22 bits per heavy atom. The third-order valence-corrected chi connectivity index (χ3v) is 3.33. The number of benzene rings is 1. The van der Waals surface area contributed by atoms with Gasteiger partial charge in [0.1, 0.15) is 12.4 Å². The lowest BCUT2D eigenvalue weighted by Gasteiger charge is -2.35. The van der Waals surface area contributed by atoms with E-state index in [-0.39, 0.29) is 11.5 Å². The van der Waals surface area contributed by atoms with Crippen molar-refractivity contribution in [3.63, 3.8) is 0 Å². The Hall–Kier alpha value is -1.06. The molecule has 1 aliphatic heterocycles. The first-order valence-corrected chi connectivity index (χ1v) is 6.59. The van der Waals surface area contributed by atoms with E-state index < -0.39 is 0 Å². The van der Waals surface area contributed by atoms with Crippen molar-refractivity contribution in [3.05, 3.63) is 29.8 Å². The molecule has 1 N–H and O–H groups in total. The molecule has 18 heavy (non-hydrogen) atoms. The van der Waals surface area contributed by atoms with Gasteiger partial charge in [0.15, 0.2) is 0 Å². The summed E-state index contributed by atoms with van der Waals surface area (Å²) in [4.78, 5) is 2.19. The second-order valence-corrected chi connectivity index (χ2v) is 6.04. The summed E-state index contributed by atoms with van der Waals surface area (Å²) in [6, 6.07) is 8.32. The summed E-state index contributed by atoms with van der Waals surface area (Å²) >= 11 is 0. The van der Waals surface area contributed by atoms with Crippen molar-refractivity contribution in [1.29, 1.82) is 0 Å². The number of aliphatic hydroxyl groups is 1. The molecule has 1 saturated heterocycles. The molecule has 0 amide bonds. The summed E-state index contributed by atoms with van der Waals surface area (Å²) in [5.74, 6) is 0.920. The maximum absolute atomic E-state index is 9.16. The fraction of sp³-hybridized carbons (Fsp3) is 0.600. The number of ether oxygens (including phenoxy) is 1. The van der Waals surface area contributed by atoms with Crippen LogP contribution in [0.2, 0.25) is 0 Å². The van der Waals surface area contributed by atoms with E-state index in [1.807, 2.05) is 12.1 Å². The summed E-state index contributed by atoms with van der Waals surface area (Å²) in [6.07, 6.45) is -0.129. The fourth-order valence-corrected chi connectivity index (χ4v) is 2.07. The monoisotopic (exact) mass is 249 g/mol. The molecule has 3 heteroatoms. The standard InChI is InChI=1S/C15H23NO2/c1-15(2,3)12-4-6-14(7-5-12)18-9-8-16-10-13(17)11-16/h4-7,13,17H,8-11H2,1-3H3. The SMILES string of the molecule is CC(C)(C)c1ccc(OCCN2CC(O)C2)cc1. The summed E-state index contributed by atoms with van der Waals surface area (Å²) in [5.41, 5.74) is 1.51. The molecule has 100 valence electrons. The number of rotatable bonds is 4. The van der Waals surface area contributed by atoms with E-state index in [9.17, 15) is 0 Å². The van der Waals surface area contributed by atoms with Crippen LogP contribution in [0.3, 0.4) is 0 Å². The molecular formula is C15H23NO2. The topological polar surface area (TPSA) is 32.7 Å². The summed E-state index contributed by atoms with van der Waals surface area (Å²) in [6.45, 7) is 9.76. The average molecular weight is 249 g/mol. The molecule has 0 aromatic heterocycles. The second kappa shape index (κ2) is 5.29. The predicted octanol–water partition coefficient (Wildman–Crippen LogP) is 2.04. The fourth-order valence-electron chi connectivity index (χ4n) is 2.07. The van der Waals surface area contributed by atoms with Gasteiger partial charge in [-0.25, -0.2) is 0 Å². The Bertz CT molecular complexity index is 374. The molecule has 2 rings (SSSR count). The van der Waals surface area contributed by atoms with Crippen molar-refractivity contribution >= 4 is 0 Å². The Morgan fingerprint density at radius 2 is 1.83 bits per heavy atom. The number of likely N-dealkylation sites (tertiary alicyclic amines) is 1. The molecule has 1 aromatic carbocycles. The Morgan fingerprint density at radius 3 is 2.33 bits per heavy atom. The van der Waals surface area contributed by atoms with Crippen molar-refractivity contribution in [2.45, 2.75) is 32.3 Å². The van der Waals surface area contributed by atoms with E-state index >= 15 is 0 Å². The summed E-state index contributed by atoms with van der Waals surface area (Å²) in [7, 11) is 0. The molecule has 1 fully saturated rings. The lowest BCUT2D eigenvalue weighted by molar-refractivity contribution is -0.00387. The van der Waals surface area contributed by atoms with Crippen LogP contribution in [0, 0.1) is 0 Å². The molecule has 1 aromatic rings. The molecule has 0 unspecified atom stereocenters. The van der Waals surface area contributed by atoms with Gasteiger partial charge in [-0.15, -0.1) is 0 Å². The van der Waals surface area contributed by atoms with Gasteiger partial charge in [0.25, 0.3) is 0 Å². The second-order valence-electron chi connectivity index (χ2n) is 6.04. The van der Waals surface area contributed by atoms with E-state index in [0.717, 1.165) is 25.4 Å². The first kappa shape index (κ1) is 13.4. The Labute approximate surface area is 109 Å². The van der Waals surface area contributed by atoms with Crippen molar-refractivity contribution in [2.24, 2.45) is 0 Å². The molecule has 0 bridgehead atoms. The zero-order valence-electron chi connectivity index (χ0n) is 11.5. The average Bonchev–Trinajstić information content (AvgIpc) is 2.26. The zero-order valence-corrected chi connectivity index (χ0v) is 11.5. The van der Waals surface area contributed by atoms with Crippen molar-refractivity contribution < 1.29 is 9.84 Å². The number of β-amino-alcohol motifs (C(OH)–C–C–N with tert-alkyl or cyclic N) is 1. The predicted molar refractivity (Wildman–Crippen MR) is 73.1 cm³/mol. The quantitative estimate of drug-likeness (QED) is 0.886. The number of aliphatic hydroxyl groups excluding tert-OH is 1. The first-order chi connectivity index (χ1) is 8.45. The maximum Gasteiger partial charge on any atom is 0.119 e. The molecule has 0 spiro atoms. The third-order valence-electron chi connectivity index (χ3n) is 3.33. The number of hydrogen-bond donors (Lipinski definition) is 1. The molecule has 1 heterocycles. The van der Waals surface area contributed by atoms with Crippen molar-refractivity contribution in [3.8, 4) is 5.75 Å². The van der Waals surface area contributed by atoms with E-state index in [0.29, 0.717) is 6.61 Å². The third kappa shape index (κ3) is 3.47. The van der Waals surface area contributed by atoms with Crippen LogP contribution in [0.5, 0.6) is 5.75 Å². The van der Waals surface area contributed by atoms with Gasteiger partial charge in [-0.05, 0) is 23.1 Å². The normalized spacial score (nSPS) is 17.6. The largest absolute Gasteiger partial charge is 0.492 e. The molecular weight excluding hydrogens is 226 g/mol. The van der Waals surface area contributed by atoms with E-state index in [4.69, 9.17) is 9.84 Å². The molecule has 3 nitrogen and oxygen atoms in total. The van der Waals surface area contributed by atoms with Gasteiger partial charge in [-0.2, -0.15) is 0 Å². The van der Waals surface area contributed by atoms with Gasteiger partial charge in [-0.3, -0.25) is 4.90 Å². The molecule has 0 saturated carbocycles. The Balaban J connectivity index is 1.76. The minimum Gasteiger partial charge on any atom is -0.492 e. The highest BCUT2D eigenvalue weighted by Crippen LogP contribution is 2.24. The van der Waals surface area contributed by atoms with E-state index in [1.165, 1.54) is 5.56 Å². The van der Waals surface area contributed by atoms with Gasteiger partial charge >= 0.3 is 0 Å². The summed E-state index contributed by atoms with van der Waals surface area (Å²) < 4.78 is 5.69. The smallest absolute Gasteiger partial charge is 0.119 e. The molecule has 0 radical (unpaired) electrons. The van der Waals surface area contributed by atoms with Gasteiger partial charge in [0.05, 0.1) is 6.10 Å². The zero-order chi connectivity index (χ0) is 13.2. The minimum atomic E-state index is -0.129. The van der Waals surface area contributed by atoms with Gasteiger partial charge in [0, 0.05) is 19.6 Å². The van der Waals surface area contributed by atoms with Crippen molar-refractivity contribution in [1.82, 2.24) is 4.90 Å². The van der Waals surface area contributed by atoms with Crippen LogP contribution in [0.4, 0.5) is 0 Å². The van der Waals surface area contributed by atoms with Gasteiger partial charge in [0.2, 0.25) is 0 Å². The van der Waals surface area contributed by atoms with E-state index in [1.54, 1.807) is 0 Å². The highest BCUT2D eigenvalue weighted by atomic mass is 16.5. The van der Waals surface area contributed by atoms with Crippen LogP contribution in [0.15, 0.2) is 24.3 Å². The lowest BCUT2D eigenvalue weighted by Crippen LogP contribution is -2.51. The lowest BCUT2D eigenvalue weighted by atomic mass is 9.87. The highest BCUT2D eigenvalue weighted by molar-refractivity contribution is 5.31. The van der Waals surface area contributed by atoms with E-state index in [2.05, 4.69) is 37.8 Å². The minimum absolute atomic E-state index is 0.129. The molecule has 0 aliphatic carbocycles. The van der Waals surface area contributed by atoms with Crippen LogP contribution in [0.25, 0.3) is 0 Å². The van der Waals surface area contributed by atoms with Crippen LogP contribution >= 0.6 is 0 Å². The maximum atomic E-state index is 9.16. The molecule has 0 atom stereocenters. The van der Waals surface area contributed by atoms with Crippen LogP contribution in [0.1, 0.15) is 26.3 Å². The number of nitrogens with zero attached hydrogens (tertiary/aromatic N) is 1. The molecule has 1 aliphatic rings. The van der Waals surface area contributed by atoms with Crippen LogP contribution < -0.4 is 4.74 Å². The Kier molecular flexibility index (Phi) is 3.93. The van der Waals surface area contributed by atoms with Crippen LogP contribution in [-0.2, 0) is 5.41 Å².